The van der Waals surface area contributed by atoms with Gasteiger partial charge in [0.15, 0.2) is 5.84 Å². The zero-order valence-corrected chi connectivity index (χ0v) is 21.3. The predicted molar refractivity (Wildman–Crippen MR) is 150 cm³/mol. The molecule has 1 saturated heterocycles. The minimum Gasteiger partial charge on any atom is -0.368 e. The van der Waals surface area contributed by atoms with Gasteiger partial charge in [0.1, 0.15) is 0 Å². The van der Waals surface area contributed by atoms with Crippen molar-refractivity contribution in [3.8, 4) is 0 Å². The molecule has 1 aromatic heterocycles. The van der Waals surface area contributed by atoms with Crippen LogP contribution >= 0.6 is 0 Å². The number of aryl methyl sites for hydroxylation is 2. The molecule has 1 fully saturated rings. The summed E-state index contributed by atoms with van der Waals surface area (Å²) in [5.74, 6) is 2.13. The van der Waals surface area contributed by atoms with E-state index in [-0.39, 0.29) is 6.04 Å². The minimum atomic E-state index is 0.278. The van der Waals surface area contributed by atoms with Gasteiger partial charge < -0.3 is 16.8 Å². The van der Waals surface area contributed by atoms with Gasteiger partial charge in [-0.15, -0.1) is 5.10 Å². The molecule has 5 N–H and O–H groups in total. The number of aliphatic imine (C=N–C) groups is 1. The summed E-state index contributed by atoms with van der Waals surface area (Å²) in [5.41, 5.74) is 18.7. The molecule has 0 saturated carbocycles. The highest BCUT2D eigenvalue weighted by molar-refractivity contribution is 6.01. The number of nitrogens with two attached hydrogens (primary N) is 2. The maximum Gasteiger partial charge on any atom is 0.248 e. The molecule has 1 aliphatic carbocycles. The first kappa shape index (κ1) is 23.9. The number of nitrogens with zero attached hydrogens (tertiary/aromatic N) is 5. The van der Waals surface area contributed by atoms with Crippen LogP contribution < -0.4 is 16.8 Å². The molecule has 37 heavy (non-hydrogen) atoms. The van der Waals surface area contributed by atoms with Crippen LogP contribution in [0.25, 0.3) is 5.57 Å². The smallest absolute Gasteiger partial charge is 0.248 e. The van der Waals surface area contributed by atoms with Gasteiger partial charge in [0.05, 0.1) is 0 Å². The average molecular weight is 497 g/mol. The SMILES string of the molecule is Nc1nc(Nc2ccc3c(c2)CC[C@@H](N)CC3)nn1C1=N/CC2CCN(CC2)C/C(c2ccccc2)=C\1. The summed E-state index contributed by atoms with van der Waals surface area (Å²) >= 11 is 0. The third kappa shape index (κ3) is 5.45. The Morgan fingerprint density at radius 3 is 2.51 bits per heavy atom. The Kier molecular flexibility index (Phi) is 6.76. The van der Waals surface area contributed by atoms with E-state index in [1.54, 1.807) is 4.68 Å². The van der Waals surface area contributed by atoms with E-state index in [0.29, 0.717) is 17.8 Å². The van der Waals surface area contributed by atoms with E-state index in [1.807, 2.05) is 0 Å². The Labute approximate surface area is 218 Å². The summed E-state index contributed by atoms with van der Waals surface area (Å²) in [5, 5.41) is 8.12. The topological polar surface area (TPSA) is 110 Å². The summed E-state index contributed by atoms with van der Waals surface area (Å²) in [6.07, 6.45) is 8.56. The standard InChI is InChI=1S/C29H36N8/c30-25-9-6-22-8-11-26(16-23(22)7-10-25)33-29-34-28(31)37(35-29)27-17-24(21-4-2-1-3-5-21)19-36-14-12-20(13-15-36)18-32-27/h1-5,8,11,16-17,20,25H,6-7,9-10,12-15,18-19,30H2,(H3,31,33,34,35)/b24-17+,32-27+/t25-/m0/s1. The van der Waals surface area contributed by atoms with Gasteiger partial charge in [0, 0.05) is 24.8 Å². The van der Waals surface area contributed by atoms with Crippen molar-refractivity contribution in [2.45, 2.75) is 44.6 Å². The Morgan fingerprint density at radius 2 is 1.70 bits per heavy atom. The normalized spacial score (nSPS) is 26.8. The predicted octanol–water partition coefficient (Wildman–Crippen LogP) is 3.87. The quantitative estimate of drug-likeness (QED) is 0.475. The zero-order chi connectivity index (χ0) is 25.2. The van der Waals surface area contributed by atoms with Crippen molar-refractivity contribution in [3.63, 3.8) is 0 Å². The molecule has 0 spiro atoms. The number of rotatable bonds is 3. The van der Waals surface area contributed by atoms with Gasteiger partial charge in [-0.25, -0.2) is 0 Å². The molecule has 3 aromatic rings. The highest BCUT2D eigenvalue weighted by atomic mass is 15.4. The lowest BCUT2D eigenvalue weighted by molar-refractivity contribution is 0.207. The van der Waals surface area contributed by atoms with Crippen LogP contribution in [0.5, 0.6) is 0 Å². The molecular weight excluding hydrogens is 460 g/mol. The summed E-state index contributed by atoms with van der Waals surface area (Å²) in [6, 6.07) is 17.3. The number of hydrogen-bond donors (Lipinski definition) is 3. The van der Waals surface area contributed by atoms with Crippen LogP contribution in [-0.4, -0.2) is 57.7 Å². The Bertz CT molecular complexity index is 1300. The number of nitrogen functional groups attached to an aromatic ring is 1. The van der Waals surface area contributed by atoms with Crippen LogP contribution in [-0.2, 0) is 12.8 Å². The number of benzene rings is 2. The van der Waals surface area contributed by atoms with Crippen molar-refractivity contribution < 1.29 is 0 Å². The molecule has 192 valence electrons. The molecule has 2 aromatic carbocycles. The van der Waals surface area contributed by atoms with Crippen molar-refractivity contribution in [3.05, 3.63) is 71.3 Å². The van der Waals surface area contributed by atoms with Crippen LogP contribution in [0.2, 0.25) is 0 Å². The lowest BCUT2D eigenvalue weighted by atomic mass is 9.95. The van der Waals surface area contributed by atoms with Crippen LogP contribution in [0.3, 0.4) is 0 Å². The number of aromatic nitrogens is 3. The minimum absolute atomic E-state index is 0.278. The maximum atomic E-state index is 6.41. The molecule has 2 bridgehead atoms. The molecule has 1 atom stereocenters. The number of hydrogen-bond acceptors (Lipinski definition) is 7. The van der Waals surface area contributed by atoms with Crippen LogP contribution in [0.15, 0.2) is 59.6 Å². The highest BCUT2D eigenvalue weighted by Gasteiger charge is 2.23. The maximum absolute atomic E-state index is 6.41. The zero-order valence-electron chi connectivity index (χ0n) is 21.3. The molecule has 0 unspecified atom stereocenters. The number of piperidine rings is 1. The molecule has 0 amide bonds. The van der Waals surface area contributed by atoms with Gasteiger partial charge in [-0.2, -0.15) is 9.67 Å². The number of fused-ring (bicyclic) bond motifs is 6. The second kappa shape index (κ2) is 10.5. The summed E-state index contributed by atoms with van der Waals surface area (Å²) in [7, 11) is 0. The fourth-order valence-corrected chi connectivity index (χ4v) is 5.67. The van der Waals surface area contributed by atoms with Crippen molar-refractivity contribution >= 4 is 29.0 Å². The van der Waals surface area contributed by atoms with Crippen LogP contribution in [0, 0.1) is 5.92 Å². The second-order valence-electron chi connectivity index (χ2n) is 10.6. The molecule has 4 aliphatic rings. The van der Waals surface area contributed by atoms with Crippen molar-refractivity contribution in [2.24, 2.45) is 16.6 Å². The molecule has 8 nitrogen and oxygen atoms in total. The highest BCUT2D eigenvalue weighted by Crippen LogP contribution is 2.26. The monoisotopic (exact) mass is 496 g/mol. The van der Waals surface area contributed by atoms with Gasteiger partial charge in [-0.3, -0.25) is 9.89 Å². The molecule has 8 heteroatoms. The van der Waals surface area contributed by atoms with Gasteiger partial charge >= 0.3 is 0 Å². The lowest BCUT2D eigenvalue weighted by Gasteiger charge is -2.33. The largest absolute Gasteiger partial charge is 0.368 e. The van der Waals surface area contributed by atoms with Crippen LogP contribution in [0.1, 0.15) is 42.4 Å². The Morgan fingerprint density at radius 1 is 0.919 bits per heavy atom. The fourth-order valence-electron chi connectivity index (χ4n) is 5.67. The third-order valence-corrected chi connectivity index (χ3v) is 7.94. The fraction of sp³-hybridized carbons (Fsp3) is 0.414. The summed E-state index contributed by atoms with van der Waals surface area (Å²) < 4.78 is 1.68. The number of anilines is 3. The average Bonchev–Trinajstić information content (AvgIpc) is 3.18. The number of allylic oxidation sites excluding steroid dienone is 1. The van der Waals surface area contributed by atoms with Crippen molar-refractivity contribution in [2.75, 3.05) is 37.2 Å². The van der Waals surface area contributed by atoms with E-state index in [1.165, 1.54) is 35.1 Å². The second-order valence-corrected chi connectivity index (χ2v) is 10.6. The van der Waals surface area contributed by atoms with E-state index in [0.717, 1.165) is 63.4 Å². The van der Waals surface area contributed by atoms with Crippen molar-refractivity contribution in [1.82, 2.24) is 19.7 Å². The van der Waals surface area contributed by atoms with Gasteiger partial charge in [-0.1, -0.05) is 36.4 Å². The van der Waals surface area contributed by atoms with E-state index in [2.05, 4.69) is 69.8 Å². The van der Waals surface area contributed by atoms with Gasteiger partial charge in [0.2, 0.25) is 11.9 Å². The van der Waals surface area contributed by atoms with Crippen molar-refractivity contribution in [1.29, 1.82) is 0 Å². The van der Waals surface area contributed by atoms with E-state index >= 15 is 0 Å². The number of nitrogens with one attached hydrogen (secondary N) is 1. The molecule has 7 rings (SSSR count). The summed E-state index contributed by atoms with van der Waals surface area (Å²) in [4.78, 5) is 12.1. The molecule has 3 aliphatic heterocycles. The Hall–Kier alpha value is -3.49. The Balaban J connectivity index is 1.30. The lowest BCUT2D eigenvalue weighted by Crippen LogP contribution is -2.36. The first-order chi connectivity index (χ1) is 18.1. The van der Waals surface area contributed by atoms with E-state index in [9.17, 15) is 0 Å². The third-order valence-electron chi connectivity index (χ3n) is 7.94. The van der Waals surface area contributed by atoms with Crippen LogP contribution in [0.4, 0.5) is 17.6 Å². The first-order valence-electron chi connectivity index (χ1n) is 13.5. The molecule has 0 radical (unpaired) electrons. The van der Waals surface area contributed by atoms with Gasteiger partial charge in [-0.05, 0) is 98.0 Å². The van der Waals surface area contributed by atoms with Gasteiger partial charge in [0.25, 0.3) is 0 Å². The van der Waals surface area contributed by atoms with E-state index < -0.39 is 0 Å². The molecule has 4 heterocycles. The first-order valence-corrected chi connectivity index (χ1v) is 13.5. The van der Waals surface area contributed by atoms with E-state index in [4.69, 9.17) is 21.6 Å². The summed E-state index contributed by atoms with van der Waals surface area (Å²) in [6.45, 7) is 3.89. The molecular formula is C29H36N8.